The Hall–Kier alpha value is -1.43. The molecule has 2 aromatic rings. The molecule has 0 bridgehead atoms. The van der Waals surface area contributed by atoms with Gasteiger partial charge in [0.15, 0.2) is 11.3 Å². The first-order chi connectivity index (χ1) is 8.61. The highest BCUT2D eigenvalue weighted by atomic mass is 79.9. The molecule has 18 heavy (non-hydrogen) atoms. The van der Waals surface area contributed by atoms with Gasteiger partial charge in [-0.05, 0) is 41.8 Å². The van der Waals surface area contributed by atoms with E-state index in [1.54, 1.807) is 6.07 Å². The summed E-state index contributed by atoms with van der Waals surface area (Å²) in [5.41, 5.74) is 2.86. The number of carbonyl (C=O) groups is 1. The molecule has 0 aromatic carbocycles. The third-order valence-corrected chi connectivity index (χ3v) is 4.03. The Bertz CT molecular complexity index is 646. The van der Waals surface area contributed by atoms with Crippen LogP contribution in [0.25, 0.3) is 5.65 Å². The predicted molar refractivity (Wildman–Crippen MR) is 68.7 cm³/mol. The number of carbonyl (C=O) groups excluding carboxylic acids is 1. The highest BCUT2D eigenvalue weighted by Gasteiger charge is 2.28. The number of fused-ring (bicyclic) bond motifs is 1. The second kappa shape index (κ2) is 4.05. The third kappa shape index (κ3) is 1.71. The second-order valence-electron chi connectivity index (χ2n) is 4.47. The lowest BCUT2D eigenvalue weighted by molar-refractivity contribution is 0.0590. The minimum absolute atomic E-state index is 0.390. The number of rotatable bonds is 2. The largest absolute Gasteiger partial charge is 0.464 e. The molecule has 0 radical (unpaired) electrons. The van der Waals surface area contributed by atoms with E-state index in [1.165, 1.54) is 11.6 Å². The molecule has 0 atom stereocenters. The number of ether oxygens (including phenoxy) is 1. The van der Waals surface area contributed by atoms with Gasteiger partial charge in [0.1, 0.15) is 0 Å². The van der Waals surface area contributed by atoms with Gasteiger partial charge >= 0.3 is 5.97 Å². The Kier molecular flexibility index (Phi) is 2.62. The van der Waals surface area contributed by atoms with Crippen molar-refractivity contribution in [2.75, 3.05) is 7.11 Å². The van der Waals surface area contributed by atoms with E-state index >= 15 is 0 Å². The van der Waals surface area contributed by atoms with Gasteiger partial charge in [-0.15, -0.1) is 0 Å². The van der Waals surface area contributed by atoms with Crippen LogP contribution in [0.3, 0.4) is 0 Å². The molecule has 2 aromatic heterocycles. The van der Waals surface area contributed by atoms with Crippen LogP contribution in [0.1, 0.15) is 40.6 Å². The van der Waals surface area contributed by atoms with E-state index in [4.69, 9.17) is 4.74 Å². The monoisotopic (exact) mass is 309 g/mol. The lowest BCUT2D eigenvalue weighted by Crippen LogP contribution is -2.11. The molecule has 2 heterocycles. The predicted octanol–water partition coefficient (Wildman–Crippen LogP) is 2.46. The number of halogens is 1. The maximum Gasteiger partial charge on any atom is 0.356 e. The van der Waals surface area contributed by atoms with Gasteiger partial charge in [-0.3, -0.25) is 0 Å². The SMILES string of the molecule is COC(=O)c1cc(C2CC2)nc2c(Br)c(C)nn12. The minimum atomic E-state index is -0.390. The molecule has 0 saturated heterocycles. The van der Waals surface area contributed by atoms with Gasteiger partial charge in [-0.25, -0.2) is 14.3 Å². The van der Waals surface area contributed by atoms with E-state index < -0.39 is 0 Å². The zero-order valence-electron chi connectivity index (χ0n) is 10.1. The Balaban J connectivity index is 2.30. The molecule has 3 rings (SSSR count). The van der Waals surface area contributed by atoms with Crippen molar-refractivity contribution in [1.82, 2.24) is 14.6 Å². The molecule has 0 N–H and O–H groups in total. The molecule has 1 fully saturated rings. The van der Waals surface area contributed by atoms with E-state index in [2.05, 4.69) is 26.0 Å². The number of hydrogen-bond donors (Lipinski definition) is 0. The standard InChI is InChI=1S/C12H12BrN3O2/c1-6-10(13)11-14-8(7-3-4-7)5-9(12(17)18-2)16(11)15-6/h5,7H,3-4H2,1-2H3. The van der Waals surface area contributed by atoms with Crippen LogP contribution in [0, 0.1) is 6.92 Å². The molecule has 0 aliphatic heterocycles. The summed E-state index contributed by atoms with van der Waals surface area (Å²) in [7, 11) is 1.37. The van der Waals surface area contributed by atoms with Crippen LogP contribution in [0.15, 0.2) is 10.5 Å². The summed E-state index contributed by atoms with van der Waals surface area (Å²) in [5.74, 6) is 0.0832. The van der Waals surface area contributed by atoms with Crippen molar-refractivity contribution < 1.29 is 9.53 Å². The molecular formula is C12H12BrN3O2. The van der Waals surface area contributed by atoms with E-state index in [-0.39, 0.29) is 5.97 Å². The Morgan fingerprint density at radius 1 is 1.56 bits per heavy atom. The topological polar surface area (TPSA) is 56.5 Å². The van der Waals surface area contributed by atoms with Crippen molar-refractivity contribution in [3.05, 3.63) is 27.6 Å². The highest BCUT2D eigenvalue weighted by Crippen LogP contribution is 2.40. The summed E-state index contributed by atoms with van der Waals surface area (Å²) in [6.07, 6.45) is 2.27. The minimum Gasteiger partial charge on any atom is -0.464 e. The summed E-state index contributed by atoms with van der Waals surface area (Å²) in [4.78, 5) is 16.4. The van der Waals surface area contributed by atoms with Gasteiger partial charge in [-0.2, -0.15) is 5.10 Å². The highest BCUT2D eigenvalue weighted by molar-refractivity contribution is 9.10. The third-order valence-electron chi connectivity index (χ3n) is 3.10. The molecule has 6 heteroatoms. The van der Waals surface area contributed by atoms with Crippen molar-refractivity contribution in [1.29, 1.82) is 0 Å². The van der Waals surface area contributed by atoms with Crippen LogP contribution in [0.4, 0.5) is 0 Å². The first-order valence-electron chi connectivity index (χ1n) is 5.76. The first-order valence-corrected chi connectivity index (χ1v) is 6.55. The van der Waals surface area contributed by atoms with Gasteiger partial charge in [0.25, 0.3) is 0 Å². The molecule has 1 aliphatic carbocycles. The molecular weight excluding hydrogens is 298 g/mol. The Morgan fingerprint density at radius 3 is 2.89 bits per heavy atom. The molecule has 0 unspecified atom stereocenters. The number of methoxy groups -OCH3 is 1. The summed E-state index contributed by atoms with van der Waals surface area (Å²) in [6.45, 7) is 1.87. The fourth-order valence-electron chi connectivity index (χ4n) is 1.95. The molecule has 0 spiro atoms. The van der Waals surface area contributed by atoms with Crippen molar-refractivity contribution in [3.8, 4) is 0 Å². The van der Waals surface area contributed by atoms with E-state index in [0.29, 0.717) is 17.3 Å². The summed E-state index contributed by atoms with van der Waals surface area (Å²) in [6, 6.07) is 1.79. The van der Waals surface area contributed by atoms with Gasteiger partial charge in [0, 0.05) is 11.6 Å². The van der Waals surface area contributed by atoms with Crippen LogP contribution in [0.2, 0.25) is 0 Å². The maximum atomic E-state index is 11.8. The fourth-order valence-corrected chi connectivity index (χ4v) is 2.29. The van der Waals surface area contributed by atoms with Gasteiger partial charge < -0.3 is 4.74 Å². The number of nitrogens with zero attached hydrogens (tertiary/aromatic N) is 3. The number of esters is 1. The van der Waals surface area contributed by atoms with E-state index in [9.17, 15) is 4.79 Å². The lowest BCUT2D eigenvalue weighted by atomic mass is 10.2. The zero-order chi connectivity index (χ0) is 12.9. The average Bonchev–Trinajstić information content (AvgIpc) is 3.17. The maximum absolute atomic E-state index is 11.8. The zero-order valence-corrected chi connectivity index (χ0v) is 11.7. The summed E-state index contributed by atoms with van der Waals surface area (Å²) >= 11 is 3.46. The lowest BCUT2D eigenvalue weighted by Gasteiger charge is -2.05. The molecule has 94 valence electrons. The van der Waals surface area contributed by atoms with Crippen molar-refractivity contribution in [2.45, 2.75) is 25.7 Å². The smallest absolute Gasteiger partial charge is 0.356 e. The van der Waals surface area contributed by atoms with Gasteiger partial charge in [0.2, 0.25) is 0 Å². The normalized spacial score (nSPS) is 15.1. The first kappa shape index (κ1) is 11.6. The van der Waals surface area contributed by atoms with Crippen molar-refractivity contribution in [3.63, 3.8) is 0 Å². The second-order valence-corrected chi connectivity index (χ2v) is 5.26. The van der Waals surface area contributed by atoms with Crippen molar-refractivity contribution >= 4 is 27.5 Å². The molecule has 1 aliphatic rings. The van der Waals surface area contributed by atoms with Crippen LogP contribution in [0.5, 0.6) is 0 Å². The van der Waals surface area contributed by atoms with Crippen LogP contribution in [-0.2, 0) is 4.74 Å². The molecule has 5 nitrogen and oxygen atoms in total. The van der Waals surface area contributed by atoms with Gasteiger partial charge in [0.05, 0.1) is 17.3 Å². The number of hydrogen-bond acceptors (Lipinski definition) is 4. The summed E-state index contributed by atoms with van der Waals surface area (Å²) in [5, 5.41) is 4.31. The van der Waals surface area contributed by atoms with Crippen molar-refractivity contribution in [2.24, 2.45) is 0 Å². The Morgan fingerprint density at radius 2 is 2.28 bits per heavy atom. The number of aromatic nitrogens is 3. The quantitative estimate of drug-likeness (QED) is 0.800. The molecule has 0 amide bonds. The van der Waals surface area contributed by atoms with Gasteiger partial charge in [-0.1, -0.05) is 0 Å². The van der Waals surface area contributed by atoms with Crippen LogP contribution >= 0.6 is 15.9 Å². The Labute approximate surface area is 112 Å². The molecule has 1 saturated carbocycles. The van der Waals surface area contributed by atoms with E-state index in [0.717, 1.165) is 28.7 Å². The van der Waals surface area contributed by atoms with E-state index in [1.807, 2.05) is 6.92 Å². The summed E-state index contributed by atoms with van der Waals surface area (Å²) < 4.78 is 7.17. The fraction of sp³-hybridized carbons (Fsp3) is 0.417. The van der Waals surface area contributed by atoms with Crippen LogP contribution < -0.4 is 0 Å². The van der Waals surface area contributed by atoms with Crippen LogP contribution in [-0.4, -0.2) is 27.7 Å². The average molecular weight is 310 g/mol. The number of aryl methyl sites for hydroxylation is 1.